The minimum atomic E-state index is -3.78. The lowest BCUT2D eigenvalue weighted by atomic mass is 10.1. The van der Waals surface area contributed by atoms with Crippen molar-refractivity contribution < 1.29 is 37.5 Å². The molecule has 66 heavy (non-hydrogen) atoms. The highest BCUT2D eigenvalue weighted by molar-refractivity contribution is 7.32. The number of carbonyl (C=O) groups excluding carboxylic acids is 1. The molecule has 2 aromatic heterocycles. The Morgan fingerprint density at radius 1 is 0.864 bits per heavy atom. The van der Waals surface area contributed by atoms with E-state index >= 15 is 0 Å². The minimum Gasteiger partial charge on any atom is -0.405 e. The van der Waals surface area contributed by atoms with Crippen LogP contribution in [0.1, 0.15) is 90.2 Å². The molecular formula is C48H66N7O8PSi2. The number of aliphatic hydroxyl groups is 1. The summed E-state index contributed by atoms with van der Waals surface area (Å²) in [5.41, 5.74) is 0.953. The van der Waals surface area contributed by atoms with Crippen molar-refractivity contribution in [2.45, 2.75) is 121 Å². The zero-order chi connectivity index (χ0) is 47.3. The quantitative estimate of drug-likeness (QED) is 0.0631. The number of benzene rings is 3. The van der Waals surface area contributed by atoms with Gasteiger partial charge in [-0.1, -0.05) is 127 Å². The number of hydrogen-bond donors (Lipinski definition) is 3. The molecule has 3 aromatic carbocycles. The maximum absolute atomic E-state index is 13.1. The highest BCUT2D eigenvalue weighted by atomic mass is 31.1. The Hall–Kier alpha value is -4.43. The van der Waals surface area contributed by atoms with Crippen LogP contribution in [-0.2, 0) is 22.7 Å². The van der Waals surface area contributed by atoms with E-state index in [1.807, 2.05) is 101 Å². The Bertz CT molecular complexity index is 2430. The van der Waals surface area contributed by atoms with Crippen LogP contribution in [0.25, 0.3) is 11.2 Å². The van der Waals surface area contributed by atoms with E-state index in [-0.39, 0.29) is 34.5 Å². The van der Waals surface area contributed by atoms with Crippen molar-refractivity contribution in [2.24, 2.45) is 4.99 Å². The summed E-state index contributed by atoms with van der Waals surface area (Å²) in [4.78, 5) is 43.9. The monoisotopic (exact) mass is 955 g/mol. The first-order valence-corrected chi connectivity index (χ1v) is 29.0. The number of nitrogens with one attached hydrogen (secondary N) is 1. The number of anilines is 1. The van der Waals surface area contributed by atoms with Crippen LogP contribution in [0.15, 0.2) is 109 Å². The molecule has 0 spiro atoms. The summed E-state index contributed by atoms with van der Waals surface area (Å²) in [5.74, 6) is -1.29. The van der Waals surface area contributed by atoms with Crippen LogP contribution >= 0.6 is 8.25 Å². The maximum Gasteiger partial charge on any atom is 0.319 e. The van der Waals surface area contributed by atoms with Gasteiger partial charge in [0, 0.05) is 31.6 Å². The number of aliphatic imine (C=N–C) groups is 1. The number of aromatic nitrogens is 4. The van der Waals surface area contributed by atoms with Gasteiger partial charge < -0.3 is 33.8 Å². The fourth-order valence-corrected chi connectivity index (χ4v) is 15.2. The largest absolute Gasteiger partial charge is 0.405 e. The SMILES string of the molecule is C1CCC2=NCCCN2CC1.CC(C)(C)[Si](C)(C)O[C@H]1[C@H](n2cnc3c(NC(=O)c4ccccc4)ncnc32)O[C@H](CO[Si](c2ccccc2)(c2ccccc2)C(C)(C)C)[C@@]1(O)O[PH](=O)O. The maximum atomic E-state index is 13.1. The predicted molar refractivity (Wildman–Crippen MR) is 263 cm³/mol. The van der Waals surface area contributed by atoms with Gasteiger partial charge in [0.05, 0.1) is 18.8 Å². The van der Waals surface area contributed by atoms with E-state index < -0.39 is 54.2 Å². The molecule has 5 heterocycles. The zero-order valence-electron chi connectivity index (χ0n) is 39.4. The number of fused-ring (bicyclic) bond motifs is 2. The summed E-state index contributed by atoms with van der Waals surface area (Å²) < 4.78 is 40.7. The molecule has 15 nitrogen and oxygen atoms in total. The van der Waals surface area contributed by atoms with Crippen LogP contribution in [0.3, 0.4) is 0 Å². The van der Waals surface area contributed by atoms with Crippen LogP contribution < -0.4 is 15.7 Å². The summed E-state index contributed by atoms with van der Waals surface area (Å²) in [5, 5.41) is 16.8. The van der Waals surface area contributed by atoms with Crippen molar-refractivity contribution in [1.29, 1.82) is 0 Å². The average Bonchev–Trinajstić information content (AvgIpc) is 3.71. The predicted octanol–water partition coefficient (Wildman–Crippen LogP) is 7.69. The number of carbonyl (C=O) groups is 1. The van der Waals surface area contributed by atoms with E-state index in [9.17, 15) is 19.4 Å². The minimum absolute atomic E-state index is 0.163. The molecule has 1 unspecified atom stereocenters. The Morgan fingerprint density at radius 3 is 2.09 bits per heavy atom. The van der Waals surface area contributed by atoms with Gasteiger partial charge in [-0.25, -0.2) is 15.0 Å². The number of imidazole rings is 1. The average molecular weight is 956 g/mol. The van der Waals surface area contributed by atoms with Crippen molar-refractivity contribution in [2.75, 3.05) is 31.6 Å². The molecule has 8 rings (SSSR count). The van der Waals surface area contributed by atoms with Crippen molar-refractivity contribution in [3.8, 4) is 0 Å². The first-order chi connectivity index (χ1) is 31.4. The summed E-state index contributed by atoms with van der Waals surface area (Å²) in [6.07, 6.45) is 5.53. The first-order valence-electron chi connectivity index (χ1n) is 22.9. The molecule has 354 valence electrons. The van der Waals surface area contributed by atoms with Crippen LogP contribution in [0.5, 0.6) is 0 Å². The lowest BCUT2D eigenvalue weighted by Gasteiger charge is -2.44. The van der Waals surface area contributed by atoms with Crippen molar-refractivity contribution in [3.63, 3.8) is 0 Å². The smallest absolute Gasteiger partial charge is 0.319 e. The molecule has 0 aliphatic carbocycles. The third-order valence-corrected chi connectivity index (χ3v) is 23.2. The Balaban J connectivity index is 0.000000511. The van der Waals surface area contributed by atoms with Gasteiger partial charge in [0.2, 0.25) is 5.79 Å². The number of amidine groups is 1. The molecule has 2 fully saturated rings. The molecule has 18 heteroatoms. The normalized spacial score (nSPS) is 22.1. The van der Waals surface area contributed by atoms with Crippen LogP contribution in [-0.4, -0.2) is 107 Å². The molecular weight excluding hydrogens is 890 g/mol. The number of rotatable bonds is 12. The van der Waals surface area contributed by atoms with Crippen molar-refractivity contribution in [1.82, 2.24) is 24.4 Å². The second-order valence-electron chi connectivity index (χ2n) is 19.7. The Labute approximate surface area is 391 Å². The van der Waals surface area contributed by atoms with Gasteiger partial charge in [-0.2, -0.15) is 0 Å². The Morgan fingerprint density at radius 2 is 1.48 bits per heavy atom. The van der Waals surface area contributed by atoms with Gasteiger partial charge in [0.1, 0.15) is 18.5 Å². The summed E-state index contributed by atoms with van der Waals surface area (Å²) in [7, 11) is -9.75. The second-order valence-corrected chi connectivity index (χ2v) is 29.5. The van der Waals surface area contributed by atoms with E-state index in [2.05, 4.69) is 50.9 Å². The van der Waals surface area contributed by atoms with E-state index in [0.717, 1.165) is 16.9 Å². The molecule has 0 saturated carbocycles. The van der Waals surface area contributed by atoms with Crippen LogP contribution in [0.2, 0.25) is 23.2 Å². The van der Waals surface area contributed by atoms with Crippen molar-refractivity contribution >= 4 is 64.0 Å². The summed E-state index contributed by atoms with van der Waals surface area (Å²) in [6.45, 7) is 19.9. The second kappa shape index (κ2) is 20.4. The van der Waals surface area contributed by atoms with Gasteiger partial charge in [0.15, 0.2) is 31.5 Å². The third kappa shape index (κ3) is 10.5. The highest BCUT2D eigenvalue weighted by Gasteiger charge is 2.63. The van der Waals surface area contributed by atoms with Crippen LogP contribution in [0.4, 0.5) is 5.82 Å². The van der Waals surface area contributed by atoms with E-state index in [0.29, 0.717) is 5.56 Å². The molecule has 5 aromatic rings. The fraction of sp³-hybridized carbons (Fsp3) is 0.479. The Kier molecular flexibility index (Phi) is 15.3. The standard InChI is InChI=1S/C39H50N5O8PSi2.C9H16N2/c1-37(2,3)54(7,8)51-32-36(44-26-42-31-33(40-25-41-34(31)44)43-35(45)27-18-12-9-13-19-27)50-30(39(32,46)52-53(47)48)24-49-55(38(4,5)6,28-20-14-10-15-21-28)29-22-16-11-17-23-29;1-2-5-9-10-6-4-8-11(9)7-3-1/h9-23,25-26,30,32,36,46,53H,24H2,1-8H3,(H,47,48)(H,40,41,43,45);1-8H2/t30-,32+,36-,39-;/m1./s1. The molecule has 3 N–H and O–H groups in total. The fourth-order valence-electron chi connectivity index (χ4n) is 8.80. The number of amides is 1. The summed E-state index contributed by atoms with van der Waals surface area (Å²) in [6, 6.07) is 28.7. The lowest BCUT2D eigenvalue weighted by molar-refractivity contribution is -0.212. The molecule has 5 atom stereocenters. The number of hydrogen-bond acceptors (Lipinski definition) is 12. The van der Waals surface area contributed by atoms with Gasteiger partial charge in [-0.3, -0.25) is 23.4 Å². The first kappa shape index (κ1) is 49.5. The molecule has 3 aliphatic heterocycles. The number of nitrogens with zero attached hydrogens (tertiary/aromatic N) is 6. The summed E-state index contributed by atoms with van der Waals surface area (Å²) >= 11 is 0. The highest BCUT2D eigenvalue weighted by Crippen LogP contribution is 2.49. The molecule has 2 saturated heterocycles. The third-order valence-electron chi connectivity index (χ3n) is 13.3. The topological polar surface area (TPSA) is 183 Å². The molecule has 0 bridgehead atoms. The molecule has 0 radical (unpaired) electrons. The number of ether oxygens (including phenoxy) is 1. The van der Waals surface area contributed by atoms with Crippen LogP contribution in [0, 0.1) is 0 Å². The molecule has 3 aliphatic rings. The van der Waals surface area contributed by atoms with E-state index in [1.54, 1.807) is 28.8 Å². The zero-order valence-corrected chi connectivity index (χ0v) is 42.4. The lowest BCUT2D eigenvalue weighted by Crippen LogP contribution is -2.67. The van der Waals surface area contributed by atoms with Gasteiger partial charge in [-0.15, -0.1) is 0 Å². The van der Waals surface area contributed by atoms with Gasteiger partial charge in [-0.05, 0) is 64.9 Å². The van der Waals surface area contributed by atoms with E-state index in [1.165, 1.54) is 63.7 Å². The van der Waals surface area contributed by atoms with Crippen molar-refractivity contribution in [3.05, 3.63) is 109 Å². The molecule has 1 amide bonds. The van der Waals surface area contributed by atoms with Gasteiger partial charge in [0.25, 0.3) is 14.2 Å². The van der Waals surface area contributed by atoms with Gasteiger partial charge >= 0.3 is 8.25 Å². The van der Waals surface area contributed by atoms with E-state index in [4.69, 9.17) is 18.1 Å².